The number of ether oxygens (including phenoxy) is 3. The minimum Gasteiger partial charge on any atom is -0.497 e. The first-order valence-corrected chi connectivity index (χ1v) is 13.1. The maximum absolute atomic E-state index is 13.3. The number of hydrogen-bond acceptors (Lipinski definition) is 8. The zero-order valence-electron chi connectivity index (χ0n) is 19.2. The number of aromatic nitrogens is 2. The predicted molar refractivity (Wildman–Crippen MR) is 131 cm³/mol. The number of anilines is 1. The number of morpholine rings is 1. The van der Waals surface area contributed by atoms with Gasteiger partial charge in [0.25, 0.3) is 0 Å². The Morgan fingerprint density at radius 2 is 1.74 bits per heavy atom. The maximum Gasteiger partial charge on any atom is 0.243 e. The zero-order valence-corrected chi connectivity index (χ0v) is 20.8. The van der Waals surface area contributed by atoms with Gasteiger partial charge in [0.2, 0.25) is 21.9 Å². The number of halogens is 1. The van der Waals surface area contributed by atoms with Crippen LogP contribution in [0.25, 0.3) is 0 Å². The largest absolute Gasteiger partial charge is 0.497 e. The first-order chi connectivity index (χ1) is 16.9. The summed E-state index contributed by atoms with van der Waals surface area (Å²) in [7, 11) is -2.15. The van der Waals surface area contributed by atoms with Crippen LogP contribution in [0.3, 0.4) is 0 Å². The van der Waals surface area contributed by atoms with Crippen LogP contribution < -0.4 is 14.4 Å². The fourth-order valence-electron chi connectivity index (χ4n) is 4.07. The highest BCUT2D eigenvalue weighted by atomic mass is 35.5. The summed E-state index contributed by atoms with van der Waals surface area (Å²) in [6.45, 7) is 2.95. The summed E-state index contributed by atoms with van der Waals surface area (Å²) in [4.78, 5) is 11.7. The van der Waals surface area contributed by atoms with Crippen molar-refractivity contribution in [1.82, 2.24) is 14.3 Å². The molecule has 11 heteroatoms. The molecular weight excluding hydrogens is 492 g/mol. The number of rotatable bonds is 6. The SMILES string of the molecule is COc1cccc(Oc2nc(N3CCOCC3)nc3c2CN(S(=O)(=O)c2ccc(Cl)cc2)CC3)c1. The summed E-state index contributed by atoms with van der Waals surface area (Å²) in [5.41, 5.74) is 1.43. The van der Waals surface area contributed by atoms with E-state index in [2.05, 4.69) is 4.90 Å². The van der Waals surface area contributed by atoms with Crippen molar-refractivity contribution in [1.29, 1.82) is 0 Å². The van der Waals surface area contributed by atoms with E-state index in [-0.39, 0.29) is 11.4 Å². The second-order valence-corrected chi connectivity index (χ2v) is 10.6. The van der Waals surface area contributed by atoms with Crippen LogP contribution in [-0.2, 0) is 27.7 Å². The van der Waals surface area contributed by atoms with Gasteiger partial charge in [-0.05, 0) is 36.4 Å². The van der Waals surface area contributed by atoms with Crippen molar-refractivity contribution in [3.8, 4) is 17.4 Å². The molecule has 3 heterocycles. The molecule has 9 nitrogen and oxygen atoms in total. The van der Waals surface area contributed by atoms with Crippen molar-refractivity contribution in [2.75, 3.05) is 44.9 Å². The lowest BCUT2D eigenvalue weighted by Gasteiger charge is -2.31. The fourth-order valence-corrected chi connectivity index (χ4v) is 5.61. The third-order valence-corrected chi connectivity index (χ3v) is 8.09. The van der Waals surface area contributed by atoms with Gasteiger partial charge in [-0.15, -0.1) is 0 Å². The lowest BCUT2D eigenvalue weighted by atomic mass is 10.1. The molecule has 0 unspecified atom stereocenters. The van der Waals surface area contributed by atoms with Gasteiger partial charge in [0.15, 0.2) is 0 Å². The van der Waals surface area contributed by atoms with Gasteiger partial charge in [-0.3, -0.25) is 0 Å². The van der Waals surface area contributed by atoms with Gasteiger partial charge >= 0.3 is 0 Å². The van der Waals surface area contributed by atoms with Crippen LogP contribution in [0, 0.1) is 0 Å². The first-order valence-electron chi connectivity index (χ1n) is 11.2. The molecule has 2 aromatic carbocycles. The van der Waals surface area contributed by atoms with E-state index in [1.165, 1.54) is 16.4 Å². The molecule has 0 saturated carbocycles. The highest BCUT2D eigenvalue weighted by molar-refractivity contribution is 7.89. The Labute approximate surface area is 209 Å². The molecule has 184 valence electrons. The summed E-state index contributed by atoms with van der Waals surface area (Å²) in [6.07, 6.45) is 0.441. The van der Waals surface area contributed by atoms with Crippen molar-refractivity contribution in [3.05, 3.63) is 64.8 Å². The smallest absolute Gasteiger partial charge is 0.243 e. The van der Waals surface area contributed by atoms with E-state index in [4.69, 9.17) is 35.8 Å². The highest BCUT2D eigenvalue weighted by Crippen LogP contribution is 2.34. The maximum atomic E-state index is 13.3. The standard InChI is InChI=1S/C24H25ClN4O5S/c1-32-18-3-2-4-19(15-18)34-23-21-16-29(35(30,31)20-7-5-17(25)6-8-20)10-9-22(21)26-24(27-23)28-11-13-33-14-12-28/h2-8,15H,9-14,16H2,1H3. The number of fused-ring (bicyclic) bond motifs is 1. The molecule has 1 fully saturated rings. The Morgan fingerprint density at radius 3 is 2.49 bits per heavy atom. The van der Waals surface area contributed by atoms with Crippen LogP contribution in [0.2, 0.25) is 5.02 Å². The Balaban J connectivity index is 1.51. The molecular formula is C24H25ClN4O5S. The molecule has 0 amide bonds. The van der Waals surface area contributed by atoms with Gasteiger partial charge in [-0.1, -0.05) is 17.7 Å². The van der Waals surface area contributed by atoms with Crippen molar-refractivity contribution in [2.24, 2.45) is 0 Å². The number of benzene rings is 2. The van der Waals surface area contributed by atoms with Gasteiger partial charge < -0.3 is 19.1 Å². The molecule has 0 N–H and O–H groups in total. The molecule has 0 spiro atoms. The summed E-state index contributed by atoms with van der Waals surface area (Å²) in [6, 6.07) is 13.4. The van der Waals surface area contributed by atoms with E-state index in [0.29, 0.717) is 73.2 Å². The third kappa shape index (κ3) is 5.06. The van der Waals surface area contributed by atoms with E-state index in [9.17, 15) is 8.42 Å². The lowest BCUT2D eigenvalue weighted by molar-refractivity contribution is 0.122. The summed E-state index contributed by atoms with van der Waals surface area (Å²) in [5, 5.41) is 0.478. The van der Waals surface area contributed by atoms with Crippen LogP contribution in [0.15, 0.2) is 53.4 Å². The molecule has 2 aliphatic heterocycles. The second kappa shape index (κ2) is 9.98. The van der Waals surface area contributed by atoms with Crippen LogP contribution in [-0.4, -0.2) is 62.6 Å². The molecule has 1 saturated heterocycles. The van der Waals surface area contributed by atoms with Crippen molar-refractivity contribution < 1.29 is 22.6 Å². The Bertz CT molecular complexity index is 1310. The fraction of sp³-hybridized carbons (Fsp3) is 0.333. The first kappa shape index (κ1) is 23.8. The second-order valence-electron chi connectivity index (χ2n) is 8.18. The van der Waals surface area contributed by atoms with Gasteiger partial charge in [0.05, 0.1) is 36.5 Å². The number of sulfonamides is 1. The van der Waals surface area contributed by atoms with Crippen molar-refractivity contribution in [2.45, 2.75) is 17.9 Å². The molecule has 0 radical (unpaired) electrons. The average Bonchev–Trinajstić information content (AvgIpc) is 2.89. The summed E-state index contributed by atoms with van der Waals surface area (Å²) < 4.78 is 45.1. The quantitative estimate of drug-likeness (QED) is 0.491. The third-order valence-electron chi connectivity index (χ3n) is 5.98. The van der Waals surface area contributed by atoms with Crippen LogP contribution in [0.1, 0.15) is 11.3 Å². The van der Waals surface area contributed by atoms with E-state index in [0.717, 1.165) is 5.69 Å². The van der Waals surface area contributed by atoms with Gasteiger partial charge in [-0.25, -0.2) is 13.4 Å². The van der Waals surface area contributed by atoms with E-state index in [1.807, 2.05) is 12.1 Å². The average molecular weight is 517 g/mol. The van der Waals surface area contributed by atoms with Crippen LogP contribution >= 0.6 is 11.6 Å². The molecule has 3 aromatic rings. The van der Waals surface area contributed by atoms with E-state index in [1.54, 1.807) is 31.4 Å². The Hall–Kier alpha value is -2.92. The predicted octanol–water partition coefficient (Wildman–Crippen LogP) is 3.51. The molecule has 0 atom stereocenters. The minimum atomic E-state index is -3.74. The normalized spacial score (nSPS) is 16.6. The zero-order chi connectivity index (χ0) is 24.4. The monoisotopic (exact) mass is 516 g/mol. The minimum absolute atomic E-state index is 0.100. The van der Waals surface area contributed by atoms with Crippen LogP contribution in [0.5, 0.6) is 17.4 Å². The van der Waals surface area contributed by atoms with Gasteiger partial charge in [-0.2, -0.15) is 9.29 Å². The van der Waals surface area contributed by atoms with Crippen molar-refractivity contribution in [3.63, 3.8) is 0 Å². The summed E-state index contributed by atoms with van der Waals surface area (Å²) >= 11 is 5.95. The van der Waals surface area contributed by atoms with E-state index < -0.39 is 10.0 Å². The molecule has 5 rings (SSSR count). The Kier molecular flexibility index (Phi) is 6.79. The Morgan fingerprint density at radius 1 is 1.00 bits per heavy atom. The van der Waals surface area contributed by atoms with E-state index >= 15 is 0 Å². The molecule has 2 aliphatic rings. The molecule has 0 bridgehead atoms. The lowest BCUT2D eigenvalue weighted by Crippen LogP contribution is -2.39. The van der Waals surface area contributed by atoms with Gasteiger partial charge in [0.1, 0.15) is 11.5 Å². The van der Waals surface area contributed by atoms with Gasteiger partial charge in [0, 0.05) is 43.7 Å². The molecule has 1 aromatic heterocycles. The highest BCUT2D eigenvalue weighted by Gasteiger charge is 2.32. The number of nitrogens with zero attached hydrogens (tertiary/aromatic N) is 4. The number of hydrogen-bond donors (Lipinski definition) is 0. The number of methoxy groups -OCH3 is 1. The van der Waals surface area contributed by atoms with Crippen molar-refractivity contribution >= 4 is 27.6 Å². The molecule has 35 heavy (non-hydrogen) atoms. The molecule has 0 aliphatic carbocycles. The summed E-state index contributed by atoms with van der Waals surface area (Å²) in [5.74, 6) is 2.07. The van der Waals surface area contributed by atoms with Crippen LogP contribution in [0.4, 0.5) is 5.95 Å². The topological polar surface area (TPSA) is 94.1 Å².